The topological polar surface area (TPSA) is 69.7 Å². The van der Waals surface area contributed by atoms with Gasteiger partial charge in [-0.25, -0.2) is 0 Å². The van der Waals surface area contributed by atoms with Gasteiger partial charge in [0.25, 0.3) is 0 Å². The van der Waals surface area contributed by atoms with Crippen LogP contribution in [0.4, 0.5) is 0 Å². The minimum Gasteiger partial charge on any atom is -0.346 e. The number of rotatable bonds is 5. The molecule has 3 amide bonds. The Morgan fingerprint density at radius 1 is 1.17 bits per heavy atom. The molecular weight excluding hydrogens is 326 g/mol. The second-order valence-electron chi connectivity index (χ2n) is 6.23. The molecule has 0 radical (unpaired) electrons. The molecule has 1 aliphatic rings. The molecule has 132 valence electrons. The summed E-state index contributed by atoms with van der Waals surface area (Å²) in [5.41, 5.74) is 0. The van der Waals surface area contributed by atoms with Crippen molar-refractivity contribution in [2.75, 3.05) is 26.2 Å². The third-order valence-corrected chi connectivity index (χ3v) is 4.86. The van der Waals surface area contributed by atoms with Gasteiger partial charge in [0.1, 0.15) is 0 Å². The molecule has 6 nitrogen and oxygen atoms in total. The first-order valence-electron chi connectivity index (χ1n) is 8.37. The molecule has 0 saturated carbocycles. The molecule has 1 aromatic rings. The molecule has 1 aliphatic heterocycles. The van der Waals surface area contributed by atoms with E-state index in [1.54, 1.807) is 16.2 Å². The Hall–Kier alpha value is -1.89. The SMILES string of the molecule is CC(C)NC(=O)C(=O)N1CCN(C(=O)CCCc2cccs2)CC1. The van der Waals surface area contributed by atoms with Crippen LogP contribution >= 0.6 is 11.3 Å². The number of hydrogen-bond acceptors (Lipinski definition) is 4. The van der Waals surface area contributed by atoms with Gasteiger partial charge in [-0.3, -0.25) is 14.4 Å². The normalized spacial score (nSPS) is 14.8. The minimum absolute atomic E-state index is 0.0623. The number of thiophene rings is 1. The van der Waals surface area contributed by atoms with Crippen molar-refractivity contribution in [2.24, 2.45) is 0 Å². The number of amides is 3. The molecule has 0 unspecified atom stereocenters. The van der Waals surface area contributed by atoms with Crippen molar-refractivity contribution in [1.29, 1.82) is 0 Å². The van der Waals surface area contributed by atoms with E-state index in [2.05, 4.69) is 11.4 Å². The first kappa shape index (κ1) is 18.4. The Morgan fingerprint density at radius 2 is 1.83 bits per heavy atom. The maximum absolute atomic E-state index is 12.2. The lowest BCUT2D eigenvalue weighted by Crippen LogP contribution is -2.54. The Morgan fingerprint density at radius 3 is 2.42 bits per heavy atom. The van der Waals surface area contributed by atoms with Gasteiger partial charge in [0.15, 0.2) is 0 Å². The molecule has 0 bridgehead atoms. The van der Waals surface area contributed by atoms with Crippen molar-refractivity contribution in [3.05, 3.63) is 22.4 Å². The van der Waals surface area contributed by atoms with Crippen LogP contribution in [-0.4, -0.2) is 59.7 Å². The molecule has 1 N–H and O–H groups in total. The van der Waals surface area contributed by atoms with E-state index in [0.717, 1.165) is 12.8 Å². The maximum Gasteiger partial charge on any atom is 0.312 e. The number of nitrogens with zero attached hydrogens (tertiary/aromatic N) is 2. The molecule has 1 saturated heterocycles. The summed E-state index contributed by atoms with van der Waals surface area (Å²) in [7, 11) is 0. The second kappa shape index (κ2) is 8.82. The summed E-state index contributed by atoms with van der Waals surface area (Å²) in [5, 5.41) is 4.65. The largest absolute Gasteiger partial charge is 0.346 e. The van der Waals surface area contributed by atoms with Gasteiger partial charge in [-0.1, -0.05) is 6.07 Å². The number of nitrogens with one attached hydrogen (secondary N) is 1. The summed E-state index contributed by atoms with van der Waals surface area (Å²) in [6.07, 6.45) is 2.30. The molecule has 2 rings (SSSR count). The van der Waals surface area contributed by atoms with Crippen LogP contribution in [0.5, 0.6) is 0 Å². The average molecular weight is 351 g/mol. The fourth-order valence-electron chi connectivity index (χ4n) is 2.65. The van der Waals surface area contributed by atoms with Gasteiger partial charge in [-0.05, 0) is 38.1 Å². The fraction of sp³-hybridized carbons (Fsp3) is 0.588. The van der Waals surface area contributed by atoms with E-state index in [9.17, 15) is 14.4 Å². The zero-order chi connectivity index (χ0) is 17.5. The fourth-order valence-corrected chi connectivity index (χ4v) is 3.40. The highest BCUT2D eigenvalue weighted by molar-refractivity contribution is 7.09. The number of carbonyl (C=O) groups excluding carboxylic acids is 3. The molecular formula is C17H25N3O3S. The zero-order valence-electron chi connectivity index (χ0n) is 14.3. The van der Waals surface area contributed by atoms with Crippen LogP contribution in [0.25, 0.3) is 0 Å². The van der Waals surface area contributed by atoms with Gasteiger partial charge in [-0.2, -0.15) is 0 Å². The lowest BCUT2D eigenvalue weighted by Gasteiger charge is -2.34. The molecule has 7 heteroatoms. The van der Waals surface area contributed by atoms with Gasteiger partial charge >= 0.3 is 11.8 Å². The predicted octanol–water partition coefficient (Wildman–Crippen LogP) is 1.27. The van der Waals surface area contributed by atoms with E-state index in [1.807, 2.05) is 25.3 Å². The van der Waals surface area contributed by atoms with Gasteiger partial charge in [0.2, 0.25) is 5.91 Å². The smallest absolute Gasteiger partial charge is 0.312 e. The lowest BCUT2D eigenvalue weighted by atomic mass is 10.2. The average Bonchev–Trinajstić information content (AvgIpc) is 3.07. The first-order valence-corrected chi connectivity index (χ1v) is 9.25. The van der Waals surface area contributed by atoms with Crippen molar-refractivity contribution in [1.82, 2.24) is 15.1 Å². The monoisotopic (exact) mass is 351 g/mol. The minimum atomic E-state index is -0.569. The standard InChI is InChI=1S/C17H25N3O3S/c1-13(2)18-16(22)17(23)20-10-8-19(9-11-20)15(21)7-3-5-14-6-4-12-24-14/h4,6,12-13H,3,5,7-11H2,1-2H3,(H,18,22). The Bertz CT molecular complexity index is 564. The zero-order valence-corrected chi connectivity index (χ0v) is 15.1. The van der Waals surface area contributed by atoms with Gasteiger partial charge in [0.05, 0.1) is 0 Å². The summed E-state index contributed by atoms with van der Waals surface area (Å²) in [6.45, 7) is 5.47. The molecule has 1 fully saturated rings. The van der Waals surface area contributed by atoms with E-state index < -0.39 is 11.8 Å². The third-order valence-electron chi connectivity index (χ3n) is 3.93. The van der Waals surface area contributed by atoms with Crippen molar-refractivity contribution in [2.45, 2.75) is 39.2 Å². The Labute approximate surface area is 146 Å². The lowest BCUT2D eigenvalue weighted by molar-refractivity contribution is -0.148. The van der Waals surface area contributed by atoms with Crippen LogP contribution in [0.1, 0.15) is 31.6 Å². The molecule has 0 atom stereocenters. The molecule has 1 aromatic heterocycles. The van der Waals surface area contributed by atoms with Crippen LogP contribution in [0.2, 0.25) is 0 Å². The van der Waals surface area contributed by atoms with Crippen molar-refractivity contribution >= 4 is 29.1 Å². The van der Waals surface area contributed by atoms with Crippen LogP contribution in [0, 0.1) is 0 Å². The van der Waals surface area contributed by atoms with E-state index in [0.29, 0.717) is 32.6 Å². The van der Waals surface area contributed by atoms with E-state index in [-0.39, 0.29) is 11.9 Å². The van der Waals surface area contributed by atoms with Crippen LogP contribution in [-0.2, 0) is 20.8 Å². The van der Waals surface area contributed by atoms with Crippen molar-refractivity contribution in [3.8, 4) is 0 Å². The number of aryl methyl sites for hydroxylation is 1. The van der Waals surface area contributed by atoms with Gasteiger partial charge in [0, 0.05) is 43.5 Å². The van der Waals surface area contributed by atoms with Crippen molar-refractivity contribution in [3.63, 3.8) is 0 Å². The van der Waals surface area contributed by atoms with Gasteiger partial charge in [-0.15, -0.1) is 11.3 Å². The van der Waals surface area contributed by atoms with E-state index in [1.165, 1.54) is 9.78 Å². The second-order valence-corrected chi connectivity index (χ2v) is 7.27. The van der Waals surface area contributed by atoms with Crippen LogP contribution in [0.15, 0.2) is 17.5 Å². The van der Waals surface area contributed by atoms with Crippen LogP contribution in [0.3, 0.4) is 0 Å². The molecule has 2 heterocycles. The third kappa shape index (κ3) is 5.33. The maximum atomic E-state index is 12.2. The van der Waals surface area contributed by atoms with E-state index >= 15 is 0 Å². The van der Waals surface area contributed by atoms with Gasteiger partial charge < -0.3 is 15.1 Å². The van der Waals surface area contributed by atoms with E-state index in [4.69, 9.17) is 0 Å². The van der Waals surface area contributed by atoms with Crippen molar-refractivity contribution < 1.29 is 14.4 Å². The highest BCUT2D eigenvalue weighted by atomic mass is 32.1. The number of piperazine rings is 1. The number of carbonyl (C=O) groups is 3. The summed E-state index contributed by atoms with van der Waals surface area (Å²) in [6, 6.07) is 4.04. The molecule has 24 heavy (non-hydrogen) atoms. The quantitative estimate of drug-likeness (QED) is 0.812. The summed E-state index contributed by atoms with van der Waals surface area (Å²) in [5.74, 6) is -0.945. The molecule has 0 aromatic carbocycles. The summed E-state index contributed by atoms with van der Waals surface area (Å²) >= 11 is 1.71. The Balaban J connectivity index is 1.70. The van der Waals surface area contributed by atoms with Crippen LogP contribution < -0.4 is 5.32 Å². The summed E-state index contributed by atoms with van der Waals surface area (Å²) < 4.78 is 0. The Kier molecular flexibility index (Phi) is 6.78. The first-order chi connectivity index (χ1) is 11.5. The summed E-state index contributed by atoms with van der Waals surface area (Å²) in [4.78, 5) is 40.6. The predicted molar refractivity (Wildman–Crippen MR) is 93.7 cm³/mol. The molecule has 0 spiro atoms. The number of hydrogen-bond donors (Lipinski definition) is 1. The highest BCUT2D eigenvalue weighted by Crippen LogP contribution is 2.13. The molecule has 0 aliphatic carbocycles. The highest BCUT2D eigenvalue weighted by Gasteiger charge is 2.27.